The number of esters is 1. The average molecular weight is 218 g/mol. The Morgan fingerprint density at radius 2 is 2.19 bits per heavy atom. The van der Waals surface area contributed by atoms with Gasteiger partial charge in [0.2, 0.25) is 0 Å². The number of fused-ring (bicyclic) bond motifs is 1. The van der Waals surface area contributed by atoms with Crippen molar-refractivity contribution in [1.82, 2.24) is 9.61 Å². The molecule has 0 bridgehead atoms. The lowest BCUT2D eigenvalue weighted by Crippen LogP contribution is -2.05. The van der Waals surface area contributed by atoms with Gasteiger partial charge in [-0.1, -0.05) is 0 Å². The van der Waals surface area contributed by atoms with Crippen LogP contribution < -0.4 is 0 Å². The second-order valence-electron chi connectivity index (χ2n) is 3.40. The van der Waals surface area contributed by atoms with Crippen LogP contribution in [0.3, 0.4) is 0 Å². The van der Waals surface area contributed by atoms with Gasteiger partial charge in [0.15, 0.2) is 6.29 Å². The Morgan fingerprint density at radius 3 is 2.81 bits per heavy atom. The summed E-state index contributed by atoms with van der Waals surface area (Å²) in [6.07, 6.45) is 0.659. The highest BCUT2D eigenvalue weighted by Crippen LogP contribution is 2.13. The van der Waals surface area contributed by atoms with Crippen LogP contribution in [0.2, 0.25) is 0 Å². The van der Waals surface area contributed by atoms with Gasteiger partial charge in [0.1, 0.15) is 5.69 Å². The van der Waals surface area contributed by atoms with Crippen LogP contribution in [0.15, 0.2) is 18.2 Å². The largest absolute Gasteiger partial charge is 0.465 e. The van der Waals surface area contributed by atoms with Crippen molar-refractivity contribution in [3.05, 3.63) is 35.2 Å². The summed E-state index contributed by atoms with van der Waals surface area (Å²) in [4.78, 5) is 22.2. The molecule has 0 amide bonds. The summed E-state index contributed by atoms with van der Waals surface area (Å²) in [7, 11) is 1.30. The topological polar surface area (TPSA) is 60.7 Å². The van der Waals surface area contributed by atoms with Crippen LogP contribution in [-0.4, -0.2) is 29.0 Å². The number of carbonyl (C=O) groups is 2. The third-order valence-electron chi connectivity index (χ3n) is 2.25. The van der Waals surface area contributed by atoms with E-state index in [0.717, 1.165) is 5.69 Å². The maximum absolute atomic E-state index is 11.4. The van der Waals surface area contributed by atoms with Crippen LogP contribution in [0.25, 0.3) is 5.52 Å². The average Bonchev–Trinajstić information content (AvgIpc) is 2.66. The standard InChI is InChI=1S/C11H10N2O3/c1-7-3-9-4-8(11(15)16-2)5-10(6-14)13(9)12-7/h3-6H,1-2H3. The Bertz CT molecular complexity index is 572. The molecule has 5 heteroatoms. The summed E-state index contributed by atoms with van der Waals surface area (Å²) in [5.41, 5.74) is 2.15. The van der Waals surface area contributed by atoms with Gasteiger partial charge in [-0.25, -0.2) is 9.31 Å². The highest BCUT2D eigenvalue weighted by atomic mass is 16.5. The first-order valence-electron chi connectivity index (χ1n) is 4.69. The second-order valence-corrected chi connectivity index (χ2v) is 3.40. The number of aldehydes is 1. The number of hydrogen-bond donors (Lipinski definition) is 0. The number of rotatable bonds is 2. The van der Waals surface area contributed by atoms with E-state index in [1.54, 1.807) is 12.1 Å². The van der Waals surface area contributed by atoms with Gasteiger partial charge < -0.3 is 4.74 Å². The van der Waals surface area contributed by atoms with E-state index in [-0.39, 0.29) is 0 Å². The summed E-state index contributed by atoms with van der Waals surface area (Å²) in [6, 6.07) is 4.89. The molecular formula is C11H10N2O3. The number of methoxy groups -OCH3 is 1. The van der Waals surface area contributed by atoms with Crippen molar-refractivity contribution in [1.29, 1.82) is 0 Å². The molecule has 0 N–H and O–H groups in total. The molecule has 2 aromatic heterocycles. The molecule has 0 aliphatic carbocycles. The fourth-order valence-electron chi connectivity index (χ4n) is 1.57. The zero-order valence-electron chi connectivity index (χ0n) is 8.93. The van der Waals surface area contributed by atoms with Gasteiger partial charge in [0, 0.05) is 0 Å². The van der Waals surface area contributed by atoms with Gasteiger partial charge in [-0.2, -0.15) is 5.10 Å². The van der Waals surface area contributed by atoms with Crippen LogP contribution in [0, 0.1) is 6.92 Å². The first kappa shape index (κ1) is 10.4. The van der Waals surface area contributed by atoms with Gasteiger partial charge in [-0.3, -0.25) is 4.79 Å². The predicted molar refractivity (Wildman–Crippen MR) is 56.7 cm³/mol. The van der Waals surface area contributed by atoms with Gasteiger partial charge in [0.25, 0.3) is 0 Å². The Balaban J connectivity index is 2.71. The molecule has 0 saturated carbocycles. The quantitative estimate of drug-likeness (QED) is 0.562. The molecule has 2 heterocycles. The van der Waals surface area contributed by atoms with E-state index in [1.165, 1.54) is 17.7 Å². The molecule has 0 aliphatic rings. The van der Waals surface area contributed by atoms with Gasteiger partial charge >= 0.3 is 5.97 Å². The number of aryl methyl sites for hydroxylation is 1. The molecule has 2 rings (SSSR count). The van der Waals surface area contributed by atoms with E-state index in [0.29, 0.717) is 23.1 Å². The molecule has 82 valence electrons. The molecule has 0 fully saturated rings. The molecule has 0 aliphatic heterocycles. The van der Waals surface area contributed by atoms with Crippen LogP contribution in [0.5, 0.6) is 0 Å². The number of hydrogen-bond acceptors (Lipinski definition) is 4. The third-order valence-corrected chi connectivity index (χ3v) is 2.25. The normalized spacial score (nSPS) is 10.4. The van der Waals surface area contributed by atoms with Crippen molar-refractivity contribution in [3.63, 3.8) is 0 Å². The highest BCUT2D eigenvalue weighted by Gasteiger charge is 2.11. The fourth-order valence-corrected chi connectivity index (χ4v) is 1.57. The Hall–Kier alpha value is -2.17. The van der Waals surface area contributed by atoms with Crippen LogP contribution in [0.1, 0.15) is 26.5 Å². The van der Waals surface area contributed by atoms with Crippen LogP contribution >= 0.6 is 0 Å². The molecular weight excluding hydrogens is 208 g/mol. The Labute approximate surface area is 91.6 Å². The number of carbonyl (C=O) groups excluding carboxylic acids is 2. The van der Waals surface area contributed by atoms with Gasteiger partial charge in [-0.15, -0.1) is 0 Å². The summed E-state index contributed by atoms with van der Waals surface area (Å²) in [5, 5.41) is 4.14. The van der Waals surface area contributed by atoms with Crippen molar-refractivity contribution in [2.45, 2.75) is 6.92 Å². The van der Waals surface area contributed by atoms with Crippen LogP contribution in [-0.2, 0) is 4.74 Å². The zero-order valence-corrected chi connectivity index (χ0v) is 8.93. The van der Waals surface area contributed by atoms with Crippen molar-refractivity contribution >= 4 is 17.8 Å². The maximum Gasteiger partial charge on any atom is 0.338 e. The van der Waals surface area contributed by atoms with E-state index < -0.39 is 5.97 Å². The van der Waals surface area contributed by atoms with Crippen LogP contribution in [0.4, 0.5) is 0 Å². The smallest absolute Gasteiger partial charge is 0.338 e. The summed E-state index contributed by atoms with van der Waals surface area (Å²) in [6.45, 7) is 1.82. The summed E-state index contributed by atoms with van der Waals surface area (Å²) >= 11 is 0. The minimum Gasteiger partial charge on any atom is -0.465 e. The summed E-state index contributed by atoms with van der Waals surface area (Å²) < 4.78 is 6.10. The molecule has 0 unspecified atom stereocenters. The molecule has 0 radical (unpaired) electrons. The predicted octanol–water partition coefficient (Wildman–Crippen LogP) is 1.24. The van der Waals surface area contributed by atoms with E-state index in [1.807, 2.05) is 6.92 Å². The molecule has 0 saturated heterocycles. The lowest BCUT2D eigenvalue weighted by molar-refractivity contribution is 0.0600. The van der Waals surface area contributed by atoms with Crippen molar-refractivity contribution in [3.8, 4) is 0 Å². The monoisotopic (exact) mass is 218 g/mol. The van der Waals surface area contributed by atoms with E-state index in [2.05, 4.69) is 9.84 Å². The minimum atomic E-state index is -0.468. The second kappa shape index (κ2) is 3.77. The maximum atomic E-state index is 11.4. The van der Waals surface area contributed by atoms with E-state index in [4.69, 9.17) is 0 Å². The molecule has 0 spiro atoms. The lowest BCUT2D eigenvalue weighted by atomic mass is 10.2. The lowest BCUT2D eigenvalue weighted by Gasteiger charge is -2.02. The van der Waals surface area contributed by atoms with E-state index in [9.17, 15) is 9.59 Å². The number of ether oxygens (including phenoxy) is 1. The van der Waals surface area contributed by atoms with Crippen molar-refractivity contribution in [2.24, 2.45) is 0 Å². The molecule has 0 atom stereocenters. The first-order valence-corrected chi connectivity index (χ1v) is 4.69. The SMILES string of the molecule is COC(=O)c1cc(C=O)n2nc(C)cc2c1. The van der Waals surface area contributed by atoms with Gasteiger partial charge in [-0.05, 0) is 25.1 Å². The minimum absolute atomic E-state index is 0.325. The molecule has 5 nitrogen and oxygen atoms in total. The zero-order chi connectivity index (χ0) is 11.7. The Morgan fingerprint density at radius 1 is 1.44 bits per heavy atom. The van der Waals surface area contributed by atoms with E-state index >= 15 is 0 Å². The molecule has 16 heavy (non-hydrogen) atoms. The number of pyridine rings is 1. The first-order chi connectivity index (χ1) is 7.65. The number of aromatic nitrogens is 2. The van der Waals surface area contributed by atoms with Gasteiger partial charge in [0.05, 0.1) is 23.9 Å². The molecule has 2 aromatic rings. The Kier molecular flexibility index (Phi) is 2.44. The fraction of sp³-hybridized carbons (Fsp3) is 0.182. The third kappa shape index (κ3) is 1.56. The highest BCUT2D eigenvalue weighted by molar-refractivity contribution is 5.92. The van der Waals surface area contributed by atoms with Crippen molar-refractivity contribution in [2.75, 3.05) is 7.11 Å². The van der Waals surface area contributed by atoms with Crippen molar-refractivity contribution < 1.29 is 14.3 Å². The molecule has 0 aromatic carbocycles. The summed E-state index contributed by atoms with van der Waals surface area (Å²) in [5.74, 6) is -0.468. The number of nitrogens with zero attached hydrogens (tertiary/aromatic N) is 2.